The summed E-state index contributed by atoms with van der Waals surface area (Å²) in [5.74, 6) is 0.703. The molecule has 1 amide bonds. The van der Waals surface area contributed by atoms with E-state index < -0.39 is 0 Å². The lowest BCUT2D eigenvalue weighted by Gasteiger charge is -2.35. The largest absolute Gasteiger partial charge is 0.315 e. The van der Waals surface area contributed by atoms with E-state index in [-0.39, 0.29) is 11.9 Å². The van der Waals surface area contributed by atoms with Gasteiger partial charge in [0.25, 0.3) is 5.91 Å². The second kappa shape index (κ2) is 9.71. The summed E-state index contributed by atoms with van der Waals surface area (Å²) in [5.41, 5.74) is 5.00. The lowest BCUT2D eigenvalue weighted by molar-refractivity contribution is 0.0971. The number of rotatable bonds is 5. The maximum absolute atomic E-state index is 14.4. The Morgan fingerprint density at radius 2 is 2.03 bits per heavy atom. The number of nitrogens with zero attached hydrogens (tertiary/aromatic N) is 6. The van der Waals surface area contributed by atoms with Gasteiger partial charge < -0.3 is 5.32 Å². The van der Waals surface area contributed by atoms with Crippen LogP contribution in [0.25, 0.3) is 27.6 Å². The zero-order valence-corrected chi connectivity index (χ0v) is 21.1. The monoisotopic (exact) mass is 491 g/mol. The minimum Gasteiger partial charge on any atom is -0.315 e. The molecule has 0 spiro atoms. The van der Waals surface area contributed by atoms with Gasteiger partial charge in [-0.25, -0.2) is 9.97 Å². The maximum atomic E-state index is 14.4. The molecule has 1 aliphatic heterocycles. The first-order valence-electron chi connectivity index (χ1n) is 12.8. The number of anilines is 1. The van der Waals surface area contributed by atoms with Crippen LogP contribution in [-0.4, -0.2) is 50.0 Å². The third-order valence-corrected chi connectivity index (χ3v) is 7.22. The average molecular weight is 492 g/mol. The summed E-state index contributed by atoms with van der Waals surface area (Å²) in [6.07, 6.45) is 6.19. The number of benzene rings is 2. The lowest BCUT2D eigenvalue weighted by atomic mass is 9.98. The van der Waals surface area contributed by atoms with E-state index in [0.29, 0.717) is 17.6 Å². The molecule has 4 heterocycles. The lowest BCUT2D eigenvalue weighted by Crippen LogP contribution is -2.49. The summed E-state index contributed by atoms with van der Waals surface area (Å²) < 4.78 is 1.72. The topological polar surface area (TPSA) is 88.8 Å². The van der Waals surface area contributed by atoms with Gasteiger partial charge in [0.05, 0.1) is 11.7 Å². The molecule has 3 aromatic heterocycles. The van der Waals surface area contributed by atoms with Crippen LogP contribution in [-0.2, 0) is 6.42 Å². The summed E-state index contributed by atoms with van der Waals surface area (Å²) in [7, 11) is 0. The fourth-order valence-electron chi connectivity index (χ4n) is 5.34. The molecule has 2 aromatic carbocycles. The molecule has 0 bridgehead atoms. The molecule has 37 heavy (non-hydrogen) atoms. The number of aryl methyl sites for hydroxylation is 2. The molecule has 1 aliphatic rings. The van der Waals surface area contributed by atoms with Gasteiger partial charge >= 0.3 is 0 Å². The number of piperidine rings is 1. The number of hydrogen-bond donors (Lipinski definition) is 1. The van der Waals surface area contributed by atoms with E-state index in [1.807, 2.05) is 47.4 Å². The number of pyridine rings is 2. The van der Waals surface area contributed by atoms with E-state index >= 15 is 0 Å². The summed E-state index contributed by atoms with van der Waals surface area (Å²) in [6.45, 7) is 5.86. The number of carbonyl (C=O) groups excluding carboxylic acids is 1. The van der Waals surface area contributed by atoms with E-state index in [2.05, 4.69) is 46.6 Å². The molecule has 0 unspecified atom stereocenters. The predicted octanol–water partition coefficient (Wildman–Crippen LogP) is 4.63. The normalized spacial score (nSPS) is 15.8. The highest BCUT2D eigenvalue weighted by Crippen LogP contribution is 2.32. The van der Waals surface area contributed by atoms with Crippen LogP contribution in [0.5, 0.6) is 0 Å². The molecular weight excluding hydrogens is 462 g/mol. The molecule has 1 N–H and O–H groups in total. The second-order valence-corrected chi connectivity index (χ2v) is 9.53. The smallest absolute Gasteiger partial charge is 0.260 e. The van der Waals surface area contributed by atoms with Gasteiger partial charge in [0.2, 0.25) is 0 Å². The van der Waals surface area contributed by atoms with Crippen LogP contribution in [0.1, 0.15) is 41.3 Å². The van der Waals surface area contributed by atoms with Crippen molar-refractivity contribution in [3.05, 3.63) is 83.7 Å². The van der Waals surface area contributed by atoms with Crippen LogP contribution in [0.3, 0.4) is 0 Å². The van der Waals surface area contributed by atoms with Crippen molar-refractivity contribution in [3.63, 3.8) is 0 Å². The molecular formula is C29H29N7O. The van der Waals surface area contributed by atoms with Gasteiger partial charge in [-0.1, -0.05) is 30.3 Å². The molecule has 8 heteroatoms. The van der Waals surface area contributed by atoms with Crippen molar-refractivity contribution < 1.29 is 4.79 Å². The van der Waals surface area contributed by atoms with Crippen LogP contribution >= 0.6 is 0 Å². The van der Waals surface area contributed by atoms with Gasteiger partial charge in [-0.3, -0.25) is 9.69 Å². The summed E-state index contributed by atoms with van der Waals surface area (Å²) in [4.78, 5) is 25.6. The van der Waals surface area contributed by atoms with E-state index in [4.69, 9.17) is 4.98 Å². The first kappa shape index (κ1) is 23.2. The molecule has 0 radical (unpaired) electrons. The molecule has 1 saturated heterocycles. The molecule has 5 aromatic rings. The Balaban J connectivity index is 1.47. The molecule has 6 rings (SSSR count). The number of fused-ring (bicyclic) bond motifs is 2. The summed E-state index contributed by atoms with van der Waals surface area (Å²) >= 11 is 0. The van der Waals surface area contributed by atoms with Gasteiger partial charge in [0.15, 0.2) is 5.65 Å². The van der Waals surface area contributed by atoms with Crippen LogP contribution in [0.2, 0.25) is 0 Å². The quantitative estimate of drug-likeness (QED) is 0.386. The average Bonchev–Trinajstić information content (AvgIpc) is 3.38. The van der Waals surface area contributed by atoms with Gasteiger partial charge in [0, 0.05) is 29.9 Å². The Bertz CT molecular complexity index is 1600. The van der Waals surface area contributed by atoms with Crippen LogP contribution in [0, 0.1) is 6.92 Å². The van der Waals surface area contributed by atoms with Crippen molar-refractivity contribution in [2.75, 3.05) is 18.0 Å². The van der Waals surface area contributed by atoms with Crippen molar-refractivity contribution in [1.29, 1.82) is 0 Å². The highest BCUT2D eigenvalue weighted by Gasteiger charge is 2.31. The summed E-state index contributed by atoms with van der Waals surface area (Å²) in [5, 5.41) is 14.1. The molecule has 186 valence electrons. The van der Waals surface area contributed by atoms with E-state index in [1.54, 1.807) is 17.1 Å². The Kier molecular flexibility index (Phi) is 6.10. The predicted molar refractivity (Wildman–Crippen MR) is 145 cm³/mol. The van der Waals surface area contributed by atoms with Crippen molar-refractivity contribution >= 4 is 33.7 Å². The van der Waals surface area contributed by atoms with Crippen LogP contribution < -0.4 is 10.2 Å². The van der Waals surface area contributed by atoms with Crippen molar-refractivity contribution in [2.45, 2.75) is 39.2 Å². The first-order chi connectivity index (χ1) is 18.2. The van der Waals surface area contributed by atoms with Gasteiger partial charge in [-0.15, -0.1) is 5.10 Å². The summed E-state index contributed by atoms with van der Waals surface area (Å²) in [6, 6.07) is 17.8. The Labute approximate surface area is 215 Å². The Morgan fingerprint density at radius 1 is 1.11 bits per heavy atom. The molecule has 0 aliphatic carbocycles. The van der Waals surface area contributed by atoms with Gasteiger partial charge in [-0.05, 0) is 85.6 Å². The highest BCUT2D eigenvalue weighted by atomic mass is 16.2. The second-order valence-electron chi connectivity index (χ2n) is 9.53. The fourth-order valence-corrected chi connectivity index (χ4v) is 5.34. The minimum absolute atomic E-state index is 0.0202. The molecule has 0 saturated carbocycles. The van der Waals surface area contributed by atoms with E-state index in [9.17, 15) is 4.79 Å². The number of aromatic nitrogens is 5. The minimum atomic E-state index is -0.0260. The van der Waals surface area contributed by atoms with E-state index in [1.165, 1.54) is 0 Å². The van der Waals surface area contributed by atoms with Crippen LogP contribution in [0.4, 0.5) is 5.82 Å². The van der Waals surface area contributed by atoms with Gasteiger partial charge in [-0.2, -0.15) is 4.68 Å². The zero-order chi connectivity index (χ0) is 25.4. The SMILES string of the molecule is CCc1cc(-n2nnc3cccnc32)ccc1C(=O)N(c1nccc2cccc(C)c12)[C@@H]1CCCNC1. The molecule has 8 nitrogen and oxygen atoms in total. The number of hydrogen-bond acceptors (Lipinski definition) is 6. The van der Waals surface area contributed by atoms with Crippen molar-refractivity contribution in [1.82, 2.24) is 30.3 Å². The molecule has 1 atom stereocenters. The van der Waals surface area contributed by atoms with Crippen molar-refractivity contribution in [2.24, 2.45) is 0 Å². The Hall–Kier alpha value is -4.17. The third-order valence-electron chi connectivity index (χ3n) is 7.22. The molecule has 1 fully saturated rings. The Morgan fingerprint density at radius 3 is 2.86 bits per heavy atom. The van der Waals surface area contributed by atoms with Crippen LogP contribution in [0.15, 0.2) is 67.0 Å². The standard InChI is InChI=1S/C29H29N7O/c1-3-20-17-22(36-27-25(33-34-36)10-6-15-31-27)11-12-24(20)29(37)35(23-9-5-14-30-18-23)28-26-19(2)7-4-8-21(26)13-16-32-28/h4,6-8,10-13,15-17,23,30H,3,5,9,14,18H2,1-2H3/t23-/m1/s1. The zero-order valence-electron chi connectivity index (χ0n) is 21.1. The fraction of sp³-hybridized carbons (Fsp3) is 0.276. The number of nitrogens with one attached hydrogen (secondary N) is 1. The number of amides is 1. The van der Waals surface area contributed by atoms with Crippen molar-refractivity contribution in [3.8, 4) is 5.69 Å². The number of carbonyl (C=O) groups is 1. The maximum Gasteiger partial charge on any atom is 0.260 e. The third kappa shape index (κ3) is 4.13. The van der Waals surface area contributed by atoms with E-state index in [0.717, 1.165) is 64.9 Å². The first-order valence-corrected chi connectivity index (χ1v) is 12.8. The highest BCUT2D eigenvalue weighted by molar-refractivity contribution is 6.11. The van der Waals surface area contributed by atoms with Gasteiger partial charge in [0.1, 0.15) is 11.3 Å².